The molecule has 1 rings (SSSR count). The van der Waals surface area contributed by atoms with Gasteiger partial charge in [-0.1, -0.05) is 6.92 Å². The first kappa shape index (κ1) is 14.0. The molecule has 0 bridgehead atoms. The summed E-state index contributed by atoms with van der Waals surface area (Å²) in [4.78, 5) is 22.5. The Morgan fingerprint density at radius 2 is 1.88 bits per heavy atom. The highest BCUT2D eigenvalue weighted by atomic mass is 16.5. The topological polar surface area (TPSA) is 78.4 Å². The predicted octanol–water partition coefficient (Wildman–Crippen LogP) is 1.21. The molecule has 1 aliphatic rings. The first-order valence-corrected chi connectivity index (χ1v) is 6.34. The van der Waals surface area contributed by atoms with Crippen molar-refractivity contribution >= 4 is 11.8 Å². The number of rotatable bonds is 5. The first-order chi connectivity index (χ1) is 8.13. The molecule has 0 spiro atoms. The smallest absolute Gasteiger partial charge is 0.243 e. The average Bonchev–Trinajstić information content (AvgIpc) is 2.34. The molecule has 0 aromatic rings. The van der Waals surface area contributed by atoms with Crippen LogP contribution in [0.1, 0.15) is 45.4 Å². The molecule has 0 unspecified atom stereocenters. The largest absolute Gasteiger partial charge is 0.356 e. The molecular weight excluding hydrogens is 220 g/mol. The Kier molecular flexibility index (Phi) is 5.97. The fraction of sp³-hybridized carbons (Fsp3) is 0.833. The molecule has 5 nitrogen and oxygen atoms in total. The van der Waals surface area contributed by atoms with E-state index in [2.05, 4.69) is 12.2 Å². The highest BCUT2D eigenvalue weighted by Gasteiger charge is 2.23. The van der Waals surface area contributed by atoms with E-state index in [1.54, 1.807) is 5.48 Å². The van der Waals surface area contributed by atoms with Gasteiger partial charge in [0.2, 0.25) is 11.8 Å². The Labute approximate surface area is 102 Å². The average molecular weight is 242 g/mol. The van der Waals surface area contributed by atoms with Gasteiger partial charge in [-0.3, -0.25) is 14.8 Å². The molecule has 3 N–H and O–H groups in total. The van der Waals surface area contributed by atoms with Crippen LogP contribution in [0.3, 0.4) is 0 Å². The van der Waals surface area contributed by atoms with Crippen LogP contribution < -0.4 is 10.8 Å². The van der Waals surface area contributed by atoms with E-state index in [1.807, 2.05) is 0 Å². The Bertz CT molecular complexity index is 260. The first-order valence-electron chi connectivity index (χ1n) is 6.34. The van der Waals surface area contributed by atoms with Gasteiger partial charge in [-0.2, -0.15) is 0 Å². The minimum atomic E-state index is -0.411. The Morgan fingerprint density at radius 3 is 2.47 bits per heavy atom. The number of carbonyl (C=O) groups excluding carboxylic acids is 2. The van der Waals surface area contributed by atoms with Crippen LogP contribution in [0.5, 0.6) is 0 Å². The molecule has 1 saturated carbocycles. The van der Waals surface area contributed by atoms with Gasteiger partial charge in [0.15, 0.2) is 0 Å². The van der Waals surface area contributed by atoms with Crippen LogP contribution in [-0.2, 0) is 9.59 Å². The van der Waals surface area contributed by atoms with E-state index in [0.29, 0.717) is 13.0 Å². The Hall–Kier alpha value is -1.10. The summed E-state index contributed by atoms with van der Waals surface area (Å²) in [5, 5.41) is 11.1. The number of carbonyl (C=O) groups is 2. The number of hydroxylamine groups is 1. The Morgan fingerprint density at radius 1 is 1.24 bits per heavy atom. The monoisotopic (exact) mass is 242 g/mol. The maximum absolute atomic E-state index is 11.8. The third-order valence-electron chi connectivity index (χ3n) is 3.39. The zero-order chi connectivity index (χ0) is 12.7. The lowest BCUT2D eigenvalue weighted by Crippen LogP contribution is -2.34. The van der Waals surface area contributed by atoms with Crippen molar-refractivity contribution in [2.24, 2.45) is 11.8 Å². The fourth-order valence-electron chi connectivity index (χ4n) is 2.18. The normalized spacial score (nSPS) is 24.1. The molecule has 0 saturated heterocycles. The summed E-state index contributed by atoms with van der Waals surface area (Å²) in [6, 6.07) is 0. The molecule has 0 aliphatic heterocycles. The molecule has 0 aromatic carbocycles. The Balaban J connectivity index is 2.10. The van der Waals surface area contributed by atoms with Gasteiger partial charge >= 0.3 is 0 Å². The second-order valence-electron chi connectivity index (χ2n) is 4.89. The zero-order valence-corrected chi connectivity index (χ0v) is 10.4. The second kappa shape index (κ2) is 7.27. The molecule has 17 heavy (non-hydrogen) atoms. The van der Waals surface area contributed by atoms with E-state index in [4.69, 9.17) is 5.21 Å². The van der Waals surface area contributed by atoms with Crippen molar-refractivity contribution in [1.29, 1.82) is 0 Å². The van der Waals surface area contributed by atoms with Gasteiger partial charge in [0, 0.05) is 18.9 Å². The summed E-state index contributed by atoms with van der Waals surface area (Å²) >= 11 is 0. The lowest BCUT2D eigenvalue weighted by atomic mass is 9.82. The maximum atomic E-state index is 11.8. The highest BCUT2D eigenvalue weighted by molar-refractivity contribution is 5.78. The van der Waals surface area contributed by atoms with Crippen molar-refractivity contribution in [3.8, 4) is 0 Å². The minimum absolute atomic E-state index is 0.112. The van der Waals surface area contributed by atoms with Crippen molar-refractivity contribution in [1.82, 2.24) is 10.8 Å². The minimum Gasteiger partial charge on any atom is -0.356 e. The van der Waals surface area contributed by atoms with Crippen molar-refractivity contribution < 1.29 is 14.8 Å². The molecule has 0 atom stereocenters. The lowest BCUT2D eigenvalue weighted by molar-refractivity contribution is -0.130. The van der Waals surface area contributed by atoms with Gasteiger partial charge in [-0.05, 0) is 38.0 Å². The van der Waals surface area contributed by atoms with Crippen LogP contribution in [0, 0.1) is 11.8 Å². The summed E-state index contributed by atoms with van der Waals surface area (Å²) in [5.74, 6) is 0.595. The van der Waals surface area contributed by atoms with Crippen LogP contribution in [0.4, 0.5) is 0 Å². The number of amides is 2. The number of hydrogen-bond donors (Lipinski definition) is 3. The molecule has 0 aromatic heterocycles. The van der Waals surface area contributed by atoms with E-state index >= 15 is 0 Å². The van der Waals surface area contributed by atoms with Crippen LogP contribution in [0.2, 0.25) is 0 Å². The van der Waals surface area contributed by atoms with Gasteiger partial charge < -0.3 is 5.32 Å². The van der Waals surface area contributed by atoms with Gasteiger partial charge in [0.1, 0.15) is 0 Å². The predicted molar refractivity (Wildman–Crippen MR) is 63.3 cm³/mol. The molecule has 5 heteroatoms. The molecule has 0 radical (unpaired) electrons. The van der Waals surface area contributed by atoms with Crippen molar-refractivity contribution in [3.05, 3.63) is 0 Å². The summed E-state index contributed by atoms with van der Waals surface area (Å²) < 4.78 is 0. The van der Waals surface area contributed by atoms with Crippen LogP contribution in [0.25, 0.3) is 0 Å². The van der Waals surface area contributed by atoms with E-state index in [1.165, 1.54) is 0 Å². The second-order valence-corrected chi connectivity index (χ2v) is 4.89. The van der Waals surface area contributed by atoms with Crippen LogP contribution >= 0.6 is 0 Å². The number of nitrogens with one attached hydrogen (secondary N) is 2. The summed E-state index contributed by atoms with van der Waals surface area (Å²) in [6.45, 7) is 2.72. The van der Waals surface area contributed by atoms with Crippen molar-refractivity contribution in [2.75, 3.05) is 6.54 Å². The van der Waals surface area contributed by atoms with Gasteiger partial charge in [0.05, 0.1) is 0 Å². The maximum Gasteiger partial charge on any atom is 0.243 e. The quantitative estimate of drug-likeness (QED) is 0.385. The number of hydrogen-bond acceptors (Lipinski definition) is 3. The van der Waals surface area contributed by atoms with E-state index < -0.39 is 5.91 Å². The summed E-state index contributed by atoms with van der Waals surface area (Å²) in [7, 11) is 0. The van der Waals surface area contributed by atoms with E-state index in [-0.39, 0.29) is 18.2 Å². The van der Waals surface area contributed by atoms with Crippen LogP contribution in [-0.4, -0.2) is 23.6 Å². The van der Waals surface area contributed by atoms with Crippen LogP contribution in [0.15, 0.2) is 0 Å². The van der Waals surface area contributed by atoms with Gasteiger partial charge in [-0.15, -0.1) is 0 Å². The molecule has 0 heterocycles. The molecule has 1 aliphatic carbocycles. The molecular formula is C12H22N2O3. The summed E-state index contributed by atoms with van der Waals surface area (Å²) in [6.07, 6.45) is 5.00. The SMILES string of the molecule is C[C@H]1CC[C@H](C(=O)NCCCC(=O)NO)CC1. The third kappa shape index (κ3) is 5.17. The lowest BCUT2D eigenvalue weighted by Gasteiger charge is -2.25. The summed E-state index contributed by atoms with van der Waals surface area (Å²) in [5.41, 5.74) is 1.57. The molecule has 1 fully saturated rings. The standard InChI is InChI=1S/C12H22N2O3/c1-9-4-6-10(7-5-9)12(16)13-8-2-3-11(15)14-17/h9-10,17H,2-8H2,1H3,(H,13,16)(H,14,15)/t9-,10-. The third-order valence-corrected chi connectivity index (χ3v) is 3.39. The van der Waals surface area contributed by atoms with Crippen molar-refractivity contribution in [3.63, 3.8) is 0 Å². The zero-order valence-electron chi connectivity index (χ0n) is 10.4. The van der Waals surface area contributed by atoms with E-state index in [9.17, 15) is 9.59 Å². The molecule has 98 valence electrons. The fourth-order valence-corrected chi connectivity index (χ4v) is 2.18. The van der Waals surface area contributed by atoms with Gasteiger partial charge in [-0.25, -0.2) is 5.48 Å². The van der Waals surface area contributed by atoms with E-state index in [0.717, 1.165) is 31.6 Å². The highest BCUT2D eigenvalue weighted by Crippen LogP contribution is 2.28. The molecule has 2 amide bonds. The van der Waals surface area contributed by atoms with Crippen molar-refractivity contribution in [2.45, 2.75) is 45.4 Å². The van der Waals surface area contributed by atoms with Gasteiger partial charge in [0.25, 0.3) is 0 Å².